The van der Waals surface area contributed by atoms with Crippen molar-refractivity contribution in [1.82, 2.24) is 9.80 Å². The summed E-state index contributed by atoms with van der Waals surface area (Å²) in [6.07, 6.45) is 1.53. The zero-order chi connectivity index (χ0) is 19.7. The molecule has 0 aromatic heterocycles. The number of hydrogen-bond donors (Lipinski definition) is 1. The molecule has 5 nitrogen and oxygen atoms in total. The average molecular weight is 389 g/mol. The van der Waals surface area contributed by atoms with Crippen LogP contribution in [0.5, 0.6) is 0 Å². The second kappa shape index (κ2) is 7.72. The first kappa shape index (κ1) is 20.0. The first-order valence-electron chi connectivity index (χ1n) is 9.16. The van der Waals surface area contributed by atoms with E-state index in [4.69, 9.17) is 0 Å². The molecule has 1 fully saturated rings. The number of sulfone groups is 1. The zero-order valence-electron chi connectivity index (χ0n) is 16.2. The predicted molar refractivity (Wildman–Crippen MR) is 107 cm³/mol. The fourth-order valence-electron chi connectivity index (χ4n) is 4.07. The van der Waals surface area contributed by atoms with E-state index in [9.17, 15) is 13.5 Å². The zero-order valence-corrected chi connectivity index (χ0v) is 17.0. The lowest BCUT2D eigenvalue weighted by Crippen LogP contribution is -2.59. The number of likely N-dealkylation sites (N-methyl/N-ethyl adjacent to an activating group) is 1. The molecule has 2 aromatic rings. The molecule has 1 heterocycles. The molecule has 1 N–H and O–H groups in total. The Morgan fingerprint density at radius 3 is 2.26 bits per heavy atom. The topological polar surface area (TPSA) is 60.9 Å². The summed E-state index contributed by atoms with van der Waals surface area (Å²) >= 11 is 0. The number of likely N-dealkylation sites (tertiary alicyclic amines) is 1. The lowest BCUT2D eigenvalue weighted by atomic mass is 9.77. The van der Waals surface area contributed by atoms with Crippen LogP contribution in [-0.2, 0) is 21.9 Å². The summed E-state index contributed by atoms with van der Waals surface area (Å²) in [5.74, 6) is 0. The van der Waals surface area contributed by atoms with Crippen LogP contribution in [0.3, 0.4) is 0 Å². The third-order valence-electron chi connectivity index (χ3n) is 5.62. The molecule has 146 valence electrons. The molecule has 0 bridgehead atoms. The molecule has 0 spiro atoms. The molecule has 0 amide bonds. The molecular formula is C21H28N2O3S. The summed E-state index contributed by atoms with van der Waals surface area (Å²) in [6.45, 7) is 2.12. The van der Waals surface area contributed by atoms with Crippen molar-refractivity contribution < 1.29 is 13.5 Å². The SMILES string of the molecule is CN(C)[C@]1(c2ccccc2)CCN(Cc2ccc(S(C)(=O)=O)cc2)C[C@H]1O. The van der Waals surface area contributed by atoms with E-state index in [1.807, 2.05) is 44.4 Å². The summed E-state index contributed by atoms with van der Waals surface area (Å²) in [5.41, 5.74) is 1.80. The van der Waals surface area contributed by atoms with Gasteiger partial charge in [-0.05, 0) is 43.8 Å². The van der Waals surface area contributed by atoms with Gasteiger partial charge in [0, 0.05) is 25.9 Å². The Morgan fingerprint density at radius 2 is 1.74 bits per heavy atom. The van der Waals surface area contributed by atoms with Crippen LogP contribution in [-0.4, -0.2) is 62.9 Å². The van der Waals surface area contributed by atoms with Gasteiger partial charge >= 0.3 is 0 Å². The van der Waals surface area contributed by atoms with Gasteiger partial charge in [-0.2, -0.15) is 0 Å². The molecule has 1 aliphatic heterocycles. The van der Waals surface area contributed by atoms with Crippen LogP contribution in [0, 0.1) is 0 Å². The Balaban J connectivity index is 1.74. The van der Waals surface area contributed by atoms with Gasteiger partial charge in [0.2, 0.25) is 0 Å². The van der Waals surface area contributed by atoms with E-state index in [1.165, 1.54) is 6.26 Å². The van der Waals surface area contributed by atoms with Crippen LogP contribution in [0.4, 0.5) is 0 Å². The van der Waals surface area contributed by atoms with Crippen molar-refractivity contribution in [3.05, 3.63) is 65.7 Å². The Kier molecular flexibility index (Phi) is 5.72. The normalized spacial score (nSPS) is 24.3. The summed E-state index contributed by atoms with van der Waals surface area (Å²) in [7, 11) is 0.871. The first-order chi connectivity index (χ1) is 12.7. The molecular weight excluding hydrogens is 360 g/mol. The quantitative estimate of drug-likeness (QED) is 0.850. The number of hydrogen-bond acceptors (Lipinski definition) is 5. The molecule has 0 aliphatic carbocycles. The first-order valence-corrected chi connectivity index (χ1v) is 11.0. The highest BCUT2D eigenvalue weighted by Crippen LogP contribution is 2.37. The molecule has 27 heavy (non-hydrogen) atoms. The minimum Gasteiger partial charge on any atom is -0.389 e. The molecule has 0 saturated carbocycles. The minimum absolute atomic E-state index is 0.334. The van der Waals surface area contributed by atoms with E-state index in [1.54, 1.807) is 12.1 Å². The Labute approximate surface area is 162 Å². The maximum Gasteiger partial charge on any atom is 0.175 e. The van der Waals surface area contributed by atoms with Crippen molar-refractivity contribution in [3.8, 4) is 0 Å². The van der Waals surface area contributed by atoms with Gasteiger partial charge in [-0.15, -0.1) is 0 Å². The van der Waals surface area contributed by atoms with Crippen LogP contribution < -0.4 is 0 Å². The van der Waals surface area contributed by atoms with E-state index in [-0.39, 0.29) is 0 Å². The van der Waals surface area contributed by atoms with E-state index in [2.05, 4.69) is 21.9 Å². The van der Waals surface area contributed by atoms with Crippen molar-refractivity contribution in [2.24, 2.45) is 0 Å². The van der Waals surface area contributed by atoms with Gasteiger partial charge in [0.25, 0.3) is 0 Å². The number of nitrogens with zero attached hydrogens (tertiary/aromatic N) is 2. The molecule has 1 aliphatic rings. The van der Waals surface area contributed by atoms with E-state index in [0.717, 1.165) is 24.1 Å². The van der Waals surface area contributed by atoms with E-state index >= 15 is 0 Å². The van der Waals surface area contributed by atoms with Crippen molar-refractivity contribution in [1.29, 1.82) is 0 Å². The van der Waals surface area contributed by atoms with Crippen molar-refractivity contribution in [2.45, 2.75) is 29.5 Å². The molecule has 0 unspecified atom stereocenters. The number of piperidine rings is 1. The van der Waals surface area contributed by atoms with Gasteiger partial charge in [-0.25, -0.2) is 8.42 Å². The summed E-state index contributed by atoms with van der Waals surface area (Å²) in [4.78, 5) is 4.69. The van der Waals surface area contributed by atoms with Gasteiger partial charge in [0.15, 0.2) is 9.84 Å². The van der Waals surface area contributed by atoms with Crippen LogP contribution in [0.25, 0.3) is 0 Å². The average Bonchev–Trinajstić information content (AvgIpc) is 2.62. The Bertz CT molecular complexity index is 866. The maximum atomic E-state index is 11.6. The van der Waals surface area contributed by atoms with Crippen LogP contribution in [0.2, 0.25) is 0 Å². The second-order valence-corrected chi connectivity index (χ2v) is 9.62. The maximum absolute atomic E-state index is 11.6. The molecule has 0 radical (unpaired) electrons. The van der Waals surface area contributed by atoms with Crippen molar-refractivity contribution in [3.63, 3.8) is 0 Å². The highest BCUT2D eigenvalue weighted by molar-refractivity contribution is 7.90. The highest BCUT2D eigenvalue weighted by atomic mass is 32.2. The lowest BCUT2D eigenvalue weighted by molar-refractivity contribution is -0.0702. The summed E-state index contributed by atoms with van der Waals surface area (Å²) in [6, 6.07) is 17.2. The fraction of sp³-hybridized carbons (Fsp3) is 0.429. The van der Waals surface area contributed by atoms with Gasteiger partial charge in [-0.1, -0.05) is 42.5 Å². The van der Waals surface area contributed by atoms with Gasteiger partial charge < -0.3 is 5.11 Å². The van der Waals surface area contributed by atoms with Gasteiger partial charge in [0.1, 0.15) is 0 Å². The van der Waals surface area contributed by atoms with Crippen LogP contribution in [0.15, 0.2) is 59.5 Å². The van der Waals surface area contributed by atoms with Crippen molar-refractivity contribution >= 4 is 9.84 Å². The number of aliphatic hydroxyl groups excluding tert-OH is 1. The minimum atomic E-state index is -3.18. The Hall–Kier alpha value is -1.73. The monoisotopic (exact) mass is 388 g/mol. The number of rotatable bonds is 5. The largest absolute Gasteiger partial charge is 0.389 e. The van der Waals surface area contributed by atoms with Gasteiger partial charge in [0.05, 0.1) is 16.5 Å². The van der Waals surface area contributed by atoms with Crippen LogP contribution >= 0.6 is 0 Å². The molecule has 3 rings (SSSR count). The second-order valence-electron chi connectivity index (χ2n) is 7.60. The van der Waals surface area contributed by atoms with Crippen molar-refractivity contribution in [2.75, 3.05) is 33.4 Å². The van der Waals surface area contributed by atoms with Crippen LogP contribution in [0.1, 0.15) is 17.5 Å². The molecule has 2 aromatic carbocycles. The van der Waals surface area contributed by atoms with E-state index < -0.39 is 21.5 Å². The molecule has 6 heteroatoms. The third-order valence-corrected chi connectivity index (χ3v) is 6.75. The Morgan fingerprint density at radius 1 is 1.11 bits per heavy atom. The van der Waals surface area contributed by atoms with Gasteiger partial charge in [-0.3, -0.25) is 9.80 Å². The smallest absolute Gasteiger partial charge is 0.175 e. The fourth-order valence-corrected chi connectivity index (χ4v) is 4.70. The third kappa shape index (κ3) is 4.09. The summed E-state index contributed by atoms with van der Waals surface area (Å²) in [5, 5.41) is 11.1. The summed E-state index contributed by atoms with van der Waals surface area (Å²) < 4.78 is 23.2. The number of β-amino-alcohol motifs (C(OH)–C–C–N with tert-alkyl or cyclic N) is 1. The molecule has 2 atom stereocenters. The predicted octanol–water partition coefficient (Wildman–Crippen LogP) is 2.11. The number of aliphatic hydroxyl groups is 1. The highest BCUT2D eigenvalue weighted by Gasteiger charge is 2.45. The molecule has 1 saturated heterocycles. The lowest BCUT2D eigenvalue weighted by Gasteiger charge is -2.50. The number of benzene rings is 2. The standard InChI is InChI=1S/C21H28N2O3S/c1-22(2)21(18-7-5-4-6-8-18)13-14-23(16-20(21)24)15-17-9-11-19(12-10-17)27(3,25)26/h4-12,20,24H,13-16H2,1-3H3/t20-,21+/m1/s1. The van der Waals surface area contributed by atoms with E-state index in [0.29, 0.717) is 18.0 Å².